The number of ether oxygens (including phenoxy) is 2. The predicted molar refractivity (Wildman–Crippen MR) is 110 cm³/mol. The summed E-state index contributed by atoms with van der Waals surface area (Å²) in [4.78, 5) is 12.2. The highest BCUT2D eigenvalue weighted by Crippen LogP contribution is 2.36. The molecule has 146 valence electrons. The fourth-order valence-electron chi connectivity index (χ4n) is 2.42. The minimum atomic E-state index is -0.261. The lowest BCUT2D eigenvalue weighted by Crippen LogP contribution is -2.22. The molecule has 0 aromatic heterocycles. The normalized spacial score (nSPS) is 10.7. The van der Waals surface area contributed by atoms with Gasteiger partial charge < -0.3 is 20.1 Å². The van der Waals surface area contributed by atoms with Gasteiger partial charge in [-0.3, -0.25) is 4.79 Å². The first-order valence-electron chi connectivity index (χ1n) is 9.07. The van der Waals surface area contributed by atoms with Crippen LogP contribution in [0.1, 0.15) is 31.9 Å². The molecule has 0 saturated carbocycles. The van der Waals surface area contributed by atoms with E-state index in [1.165, 1.54) is 0 Å². The molecule has 27 heavy (non-hydrogen) atoms. The van der Waals surface area contributed by atoms with Crippen molar-refractivity contribution in [3.8, 4) is 11.5 Å². The van der Waals surface area contributed by atoms with Crippen molar-refractivity contribution in [2.45, 2.75) is 40.3 Å². The Morgan fingerprint density at radius 3 is 2.48 bits per heavy atom. The third kappa shape index (κ3) is 6.77. The van der Waals surface area contributed by atoms with Gasteiger partial charge in [-0.1, -0.05) is 43.1 Å². The summed E-state index contributed by atoms with van der Waals surface area (Å²) in [5.74, 6) is 0.655. The molecule has 0 heterocycles. The van der Waals surface area contributed by atoms with Gasteiger partial charge in [0.15, 0.2) is 18.1 Å². The van der Waals surface area contributed by atoms with Crippen LogP contribution in [0, 0.1) is 6.92 Å². The number of carbonyl (C=O) groups excluding carboxylic acids is 1. The van der Waals surface area contributed by atoms with Crippen LogP contribution in [0.3, 0.4) is 0 Å². The van der Waals surface area contributed by atoms with Crippen LogP contribution in [0.25, 0.3) is 0 Å². The fourth-order valence-corrected chi connectivity index (χ4v) is 2.71. The molecule has 0 aliphatic heterocycles. The van der Waals surface area contributed by atoms with Crippen molar-refractivity contribution in [2.24, 2.45) is 0 Å². The molecule has 0 atom stereocenters. The van der Waals surface area contributed by atoms with Gasteiger partial charge in [0.05, 0.1) is 11.6 Å². The predicted octanol–water partition coefficient (Wildman–Crippen LogP) is 4.56. The first-order chi connectivity index (χ1) is 12.9. The van der Waals surface area contributed by atoms with Crippen molar-refractivity contribution in [1.29, 1.82) is 0 Å². The standard InChI is InChI=1S/C21H27ClN2O3/c1-5-26-19-11-16(12-23-14(2)3)10-18(22)21(19)27-13-20(25)24-17-8-6-15(4)7-9-17/h6-11,14,23H,5,12-13H2,1-4H3,(H,24,25). The quantitative estimate of drug-likeness (QED) is 0.658. The van der Waals surface area contributed by atoms with Crippen molar-refractivity contribution in [1.82, 2.24) is 5.32 Å². The van der Waals surface area contributed by atoms with Crippen LogP contribution in [0.5, 0.6) is 11.5 Å². The van der Waals surface area contributed by atoms with Crippen LogP contribution in [-0.2, 0) is 11.3 Å². The van der Waals surface area contributed by atoms with Gasteiger partial charge in [-0.25, -0.2) is 0 Å². The van der Waals surface area contributed by atoms with Gasteiger partial charge in [0, 0.05) is 18.3 Å². The van der Waals surface area contributed by atoms with Crippen LogP contribution < -0.4 is 20.1 Å². The number of hydrogen-bond acceptors (Lipinski definition) is 4. The maximum atomic E-state index is 12.2. The maximum Gasteiger partial charge on any atom is 0.262 e. The van der Waals surface area contributed by atoms with E-state index in [9.17, 15) is 4.79 Å². The topological polar surface area (TPSA) is 59.6 Å². The second-order valence-corrected chi connectivity index (χ2v) is 6.98. The summed E-state index contributed by atoms with van der Waals surface area (Å²) in [6.45, 7) is 9.03. The molecule has 0 radical (unpaired) electrons. The highest BCUT2D eigenvalue weighted by molar-refractivity contribution is 6.32. The Balaban J connectivity index is 2.05. The Morgan fingerprint density at radius 1 is 1.15 bits per heavy atom. The van der Waals surface area contributed by atoms with Gasteiger partial charge in [0.2, 0.25) is 0 Å². The second kappa shape index (κ2) is 10.2. The Kier molecular flexibility index (Phi) is 7.95. The molecule has 1 amide bonds. The minimum Gasteiger partial charge on any atom is -0.490 e. The first-order valence-corrected chi connectivity index (χ1v) is 9.44. The smallest absolute Gasteiger partial charge is 0.262 e. The monoisotopic (exact) mass is 390 g/mol. The van der Waals surface area contributed by atoms with Crippen molar-refractivity contribution >= 4 is 23.2 Å². The average molecular weight is 391 g/mol. The second-order valence-electron chi connectivity index (χ2n) is 6.58. The lowest BCUT2D eigenvalue weighted by atomic mass is 10.2. The number of benzene rings is 2. The SMILES string of the molecule is CCOc1cc(CNC(C)C)cc(Cl)c1OCC(=O)Nc1ccc(C)cc1. The molecule has 0 unspecified atom stereocenters. The molecule has 2 N–H and O–H groups in total. The van der Waals surface area contributed by atoms with Gasteiger partial charge in [-0.05, 0) is 43.7 Å². The van der Waals surface area contributed by atoms with Gasteiger partial charge in [-0.15, -0.1) is 0 Å². The summed E-state index contributed by atoms with van der Waals surface area (Å²) >= 11 is 6.38. The number of anilines is 1. The van der Waals surface area contributed by atoms with Gasteiger partial charge >= 0.3 is 0 Å². The largest absolute Gasteiger partial charge is 0.490 e. The summed E-state index contributed by atoms with van der Waals surface area (Å²) in [5.41, 5.74) is 2.85. The van der Waals surface area contributed by atoms with Gasteiger partial charge in [-0.2, -0.15) is 0 Å². The number of carbonyl (C=O) groups is 1. The summed E-state index contributed by atoms with van der Waals surface area (Å²) in [6.07, 6.45) is 0. The van der Waals surface area contributed by atoms with Gasteiger partial charge in [0.25, 0.3) is 5.91 Å². The zero-order chi connectivity index (χ0) is 19.8. The van der Waals surface area contributed by atoms with Crippen LogP contribution >= 0.6 is 11.6 Å². The summed E-state index contributed by atoms with van der Waals surface area (Å²) in [5, 5.41) is 6.56. The van der Waals surface area contributed by atoms with E-state index in [4.69, 9.17) is 21.1 Å². The van der Waals surface area contributed by atoms with Gasteiger partial charge in [0.1, 0.15) is 0 Å². The van der Waals surface area contributed by atoms with Crippen LogP contribution in [0.2, 0.25) is 5.02 Å². The summed E-state index contributed by atoms with van der Waals surface area (Å²) < 4.78 is 11.3. The van der Waals surface area contributed by atoms with Crippen molar-refractivity contribution in [2.75, 3.05) is 18.5 Å². The maximum absolute atomic E-state index is 12.2. The van der Waals surface area contributed by atoms with Crippen molar-refractivity contribution in [3.63, 3.8) is 0 Å². The number of halogens is 1. The van der Waals surface area contributed by atoms with E-state index in [1.807, 2.05) is 50.2 Å². The molecule has 0 spiro atoms. The van der Waals surface area contributed by atoms with E-state index < -0.39 is 0 Å². The van der Waals surface area contributed by atoms with E-state index in [2.05, 4.69) is 24.5 Å². The molecule has 6 heteroatoms. The first kappa shape index (κ1) is 21.1. The third-order valence-electron chi connectivity index (χ3n) is 3.77. The Bertz CT molecular complexity index is 761. The Labute approximate surface area is 166 Å². The fraction of sp³-hybridized carbons (Fsp3) is 0.381. The number of amides is 1. The molecule has 0 bridgehead atoms. The summed E-state index contributed by atoms with van der Waals surface area (Å²) in [6, 6.07) is 11.6. The molecule has 5 nitrogen and oxygen atoms in total. The highest BCUT2D eigenvalue weighted by atomic mass is 35.5. The molecule has 0 fully saturated rings. The highest BCUT2D eigenvalue weighted by Gasteiger charge is 2.15. The van der Waals surface area contributed by atoms with Crippen molar-refractivity contribution < 1.29 is 14.3 Å². The number of rotatable bonds is 9. The molecule has 0 aliphatic rings. The van der Waals surface area contributed by atoms with E-state index >= 15 is 0 Å². The lowest BCUT2D eigenvalue weighted by molar-refractivity contribution is -0.118. The molecular weight excluding hydrogens is 364 g/mol. The van der Waals surface area contributed by atoms with E-state index in [0.29, 0.717) is 35.7 Å². The molecule has 0 saturated heterocycles. The van der Waals surface area contributed by atoms with Crippen LogP contribution in [0.4, 0.5) is 5.69 Å². The van der Waals surface area contributed by atoms with E-state index in [-0.39, 0.29) is 12.5 Å². The molecular formula is C21H27ClN2O3. The average Bonchev–Trinajstić information content (AvgIpc) is 2.61. The molecule has 2 rings (SSSR count). The Hall–Kier alpha value is -2.24. The van der Waals surface area contributed by atoms with E-state index in [1.54, 1.807) is 0 Å². The molecule has 2 aromatic carbocycles. The number of nitrogens with one attached hydrogen (secondary N) is 2. The molecule has 2 aromatic rings. The lowest BCUT2D eigenvalue weighted by Gasteiger charge is -2.16. The zero-order valence-electron chi connectivity index (χ0n) is 16.3. The zero-order valence-corrected chi connectivity index (χ0v) is 17.0. The summed E-state index contributed by atoms with van der Waals surface area (Å²) in [7, 11) is 0. The number of hydrogen-bond donors (Lipinski definition) is 2. The van der Waals surface area contributed by atoms with Crippen molar-refractivity contribution in [3.05, 3.63) is 52.5 Å². The third-order valence-corrected chi connectivity index (χ3v) is 4.05. The molecule has 0 aliphatic carbocycles. The minimum absolute atomic E-state index is 0.155. The number of aryl methyl sites for hydroxylation is 1. The van der Waals surface area contributed by atoms with Crippen LogP contribution in [0.15, 0.2) is 36.4 Å². The van der Waals surface area contributed by atoms with Crippen LogP contribution in [-0.4, -0.2) is 25.2 Å². The Morgan fingerprint density at radius 2 is 1.85 bits per heavy atom. The van der Waals surface area contributed by atoms with E-state index in [0.717, 1.165) is 16.8 Å².